The molecule has 110 valence electrons. The summed E-state index contributed by atoms with van der Waals surface area (Å²) >= 11 is 10.9. The summed E-state index contributed by atoms with van der Waals surface area (Å²) < 4.78 is 27.8. The van der Waals surface area contributed by atoms with E-state index in [0.717, 1.165) is 25.7 Å². The molecule has 0 radical (unpaired) electrons. The van der Waals surface area contributed by atoms with Crippen LogP contribution in [0.3, 0.4) is 0 Å². The van der Waals surface area contributed by atoms with Gasteiger partial charge in [-0.25, -0.2) is 13.1 Å². The quantitative estimate of drug-likeness (QED) is 0.813. The van der Waals surface area contributed by atoms with E-state index in [0.29, 0.717) is 5.56 Å². The zero-order chi connectivity index (χ0) is 15.0. The van der Waals surface area contributed by atoms with E-state index in [1.165, 1.54) is 12.1 Å². The smallest absolute Gasteiger partial charge is 0.242 e. The fourth-order valence-corrected chi connectivity index (χ4v) is 4.52. The Balaban J connectivity index is 2.38. The van der Waals surface area contributed by atoms with Crippen LogP contribution in [0.15, 0.2) is 23.1 Å². The highest BCUT2D eigenvalue weighted by atomic mass is 35.5. The fourth-order valence-electron chi connectivity index (χ4n) is 2.33. The maximum atomic E-state index is 12.5. The molecule has 1 aromatic rings. The van der Waals surface area contributed by atoms with Crippen molar-refractivity contribution in [1.29, 1.82) is 0 Å². The van der Waals surface area contributed by atoms with Crippen molar-refractivity contribution in [3.63, 3.8) is 0 Å². The molecule has 0 spiro atoms. The van der Waals surface area contributed by atoms with Crippen LogP contribution in [0.4, 0.5) is 0 Å². The lowest BCUT2D eigenvalue weighted by Gasteiger charge is -2.41. The molecule has 1 fully saturated rings. The van der Waals surface area contributed by atoms with Crippen LogP contribution in [0.5, 0.6) is 0 Å². The molecule has 0 amide bonds. The first-order valence-electron chi connectivity index (χ1n) is 6.43. The summed E-state index contributed by atoms with van der Waals surface area (Å²) in [5.41, 5.74) is 5.70. The van der Waals surface area contributed by atoms with Crippen LogP contribution in [-0.4, -0.2) is 18.9 Å². The van der Waals surface area contributed by atoms with Gasteiger partial charge in [-0.3, -0.25) is 0 Å². The number of hydrogen-bond donors (Lipinski definition) is 2. The molecule has 0 aromatic heterocycles. The van der Waals surface area contributed by atoms with Gasteiger partial charge in [0, 0.05) is 11.1 Å². The van der Waals surface area contributed by atoms with Gasteiger partial charge in [-0.15, -0.1) is 0 Å². The van der Waals surface area contributed by atoms with Gasteiger partial charge in [0.05, 0.1) is 5.02 Å². The highest BCUT2D eigenvalue weighted by Crippen LogP contribution is 2.36. The van der Waals surface area contributed by atoms with Crippen molar-refractivity contribution in [2.45, 2.75) is 43.0 Å². The Hall–Kier alpha value is -0.690. The summed E-state index contributed by atoms with van der Waals surface area (Å²) in [6.45, 7) is 1.98. The molecule has 2 rings (SSSR count). The Morgan fingerprint density at radius 1 is 1.50 bits per heavy atom. The number of halogens is 1. The van der Waals surface area contributed by atoms with Crippen LogP contribution in [0, 0.1) is 0 Å². The Bertz CT molecular complexity index is 634. The van der Waals surface area contributed by atoms with Crippen LogP contribution in [-0.2, 0) is 10.0 Å². The third-order valence-electron chi connectivity index (χ3n) is 3.84. The number of rotatable bonds is 5. The Morgan fingerprint density at radius 3 is 2.60 bits per heavy atom. The summed E-state index contributed by atoms with van der Waals surface area (Å²) in [4.78, 5) is 0.177. The number of sulfonamides is 1. The number of thiocarbonyl (C=S) groups is 1. The highest BCUT2D eigenvalue weighted by molar-refractivity contribution is 7.89. The van der Waals surface area contributed by atoms with E-state index in [1.54, 1.807) is 6.07 Å². The number of benzene rings is 1. The summed E-state index contributed by atoms with van der Waals surface area (Å²) in [5.74, 6) is 0. The SMILES string of the molecule is CCC1(NS(=O)(=O)c2cc(C(N)=S)ccc2Cl)CCC1. The Morgan fingerprint density at radius 2 is 2.15 bits per heavy atom. The van der Waals surface area contributed by atoms with Crippen molar-refractivity contribution in [3.8, 4) is 0 Å². The predicted octanol–water partition coefficient (Wildman–Crippen LogP) is 2.59. The topological polar surface area (TPSA) is 72.2 Å². The van der Waals surface area contributed by atoms with Gasteiger partial charge in [-0.2, -0.15) is 0 Å². The maximum Gasteiger partial charge on any atom is 0.242 e. The highest BCUT2D eigenvalue weighted by Gasteiger charge is 2.39. The lowest BCUT2D eigenvalue weighted by Crippen LogP contribution is -2.52. The molecule has 3 N–H and O–H groups in total. The molecule has 1 aromatic carbocycles. The molecule has 1 saturated carbocycles. The van der Waals surface area contributed by atoms with E-state index in [1.807, 2.05) is 6.92 Å². The predicted molar refractivity (Wildman–Crippen MR) is 84.5 cm³/mol. The fraction of sp³-hybridized carbons (Fsp3) is 0.462. The van der Waals surface area contributed by atoms with Gasteiger partial charge in [0.15, 0.2) is 0 Å². The van der Waals surface area contributed by atoms with Crippen LogP contribution in [0.2, 0.25) is 5.02 Å². The van der Waals surface area contributed by atoms with Crippen LogP contribution in [0.1, 0.15) is 38.2 Å². The van der Waals surface area contributed by atoms with Gasteiger partial charge in [0.2, 0.25) is 10.0 Å². The minimum absolute atomic E-state index is 0.0317. The first-order chi connectivity index (χ1) is 9.30. The standard InChI is InChI=1S/C13H17ClN2O2S2/c1-2-13(6-3-7-13)16-20(17,18)11-8-9(12(15)19)4-5-10(11)14/h4-5,8,16H,2-3,6-7H2,1H3,(H2,15,19). The van der Waals surface area contributed by atoms with E-state index in [9.17, 15) is 8.42 Å². The molecule has 0 heterocycles. The molecule has 0 atom stereocenters. The number of hydrogen-bond acceptors (Lipinski definition) is 3. The number of nitrogens with one attached hydrogen (secondary N) is 1. The molecule has 0 bridgehead atoms. The molecule has 0 aliphatic heterocycles. The summed E-state index contributed by atoms with van der Waals surface area (Å²) in [5, 5.41) is 0.170. The summed E-state index contributed by atoms with van der Waals surface area (Å²) in [6, 6.07) is 4.54. The Kier molecular flexibility index (Phi) is 4.39. The molecule has 7 heteroatoms. The molecule has 1 aliphatic carbocycles. The largest absolute Gasteiger partial charge is 0.389 e. The zero-order valence-electron chi connectivity index (χ0n) is 11.1. The molecule has 4 nitrogen and oxygen atoms in total. The molecule has 1 aliphatic rings. The minimum Gasteiger partial charge on any atom is -0.389 e. The van der Waals surface area contributed by atoms with Gasteiger partial charge in [-0.1, -0.05) is 36.8 Å². The van der Waals surface area contributed by atoms with Gasteiger partial charge < -0.3 is 5.73 Å². The average molecular weight is 333 g/mol. The van der Waals surface area contributed by atoms with Crippen molar-refractivity contribution in [2.24, 2.45) is 5.73 Å². The average Bonchev–Trinajstić information content (AvgIpc) is 2.34. The Labute approximate surface area is 129 Å². The second-order valence-corrected chi connectivity index (χ2v) is 7.60. The van der Waals surface area contributed by atoms with Crippen molar-refractivity contribution in [2.75, 3.05) is 0 Å². The van der Waals surface area contributed by atoms with E-state index in [2.05, 4.69) is 4.72 Å². The van der Waals surface area contributed by atoms with Crippen molar-refractivity contribution >= 4 is 38.8 Å². The third kappa shape index (κ3) is 2.98. The van der Waals surface area contributed by atoms with Crippen LogP contribution >= 0.6 is 23.8 Å². The van der Waals surface area contributed by atoms with E-state index >= 15 is 0 Å². The third-order valence-corrected chi connectivity index (χ3v) is 6.14. The second kappa shape index (κ2) is 5.60. The van der Waals surface area contributed by atoms with Crippen molar-refractivity contribution in [1.82, 2.24) is 4.72 Å². The summed E-state index contributed by atoms with van der Waals surface area (Å²) in [6.07, 6.45) is 3.51. The van der Waals surface area contributed by atoms with Crippen LogP contribution in [0.25, 0.3) is 0 Å². The maximum absolute atomic E-state index is 12.5. The van der Waals surface area contributed by atoms with Gasteiger partial charge in [-0.05, 0) is 37.8 Å². The monoisotopic (exact) mass is 332 g/mol. The van der Waals surface area contributed by atoms with Gasteiger partial charge in [0.1, 0.15) is 9.88 Å². The zero-order valence-corrected chi connectivity index (χ0v) is 13.5. The molecule has 20 heavy (non-hydrogen) atoms. The minimum atomic E-state index is -3.67. The first-order valence-corrected chi connectivity index (χ1v) is 8.70. The van der Waals surface area contributed by atoms with E-state index < -0.39 is 10.0 Å². The summed E-state index contributed by atoms with van der Waals surface area (Å²) in [7, 11) is -3.67. The van der Waals surface area contributed by atoms with E-state index in [-0.39, 0.29) is 20.4 Å². The normalized spacial score (nSPS) is 17.5. The number of nitrogens with two attached hydrogens (primary N) is 1. The van der Waals surface area contributed by atoms with Gasteiger partial charge >= 0.3 is 0 Å². The van der Waals surface area contributed by atoms with Crippen LogP contribution < -0.4 is 10.5 Å². The van der Waals surface area contributed by atoms with Gasteiger partial charge in [0.25, 0.3) is 0 Å². The van der Waals surface area contributed by atoms with Crippen molar-refractivity contribution in [3.05, 3.63) is 28.8 Å². The second-order valence-electron chi connectivity index (χ2n) is 5.10. The first kappa shape index (κ1) is 15.7. The lowest BCUT2D eigenvalue weighted by atomic mass is 9.76. The molecule has 0 saturated heterocycles. The molecular formula is C13H17ClN2O2S2. The molecule has 0 unspecified atom stereocenters. The van der Waals surface area contributed by atoms with E-state index in [4.69, 9.17) is 29.6 Å². The molecular weight excluding hydrogens is 316 g/mol. The van der Waals surface area contributed by atoms with Crippen molar-refractivity contribution < 1.29 is 8.42 Å². The lowest BCUT2D eigenvalue weighted by molar-refractivity contribution is 0.214.